The smallest absolute Gasteiger partial charge is 0.0908 e. The first-order chi connectivity index (χ1) is 8.10. The van der Waals surface area contributed by atoms with Crippen molar-refractivity contribution < 1.29 is 10.2 Å². The molecule has 1 fully saturated rings. The van der Waals surface area contributed by atoms with Crippen molar-refractivity contribution in [1.82, 2.24) is 0 Å². The van der Waals surface area contributed by atoms with Gasteiger partial charge in [-0.25, -0.2) is 0 Å². The Balaban J connectivity index is 2.00. The molecule has 1 unspecified atom stereocenters. The standard InChI is InChI=1S/C14H19BrO2/c15-12-6-4-11(5-7-12)10-13(16)14(17)8-2-1-3-9-14/h4-7,13,16-17H,1-3,8-10H2. The van der Waals surface area contributed by atoms with E-state index in [1.165, 1.54) is 6.42 Å². The van der Waals surface area contributed by atoms with E-state index < -0.39 is 11.7 Å². The second-order valence-electron chi connectivity index (χ2n) is 5.01. The van der Waals surface area contributed by atoms with Crippen LogP contribution in [0.1, 0.15) is 37.7 Å². The lowest BCUT2D eigenvalue weighted by Crippen LogP contribution is -2.45. The summed E-state index contributed by atoms with van der Waals surface area (Å²) in [6, 6.07) is 7.90. The van der Waals surface area contributed by atoms with Gasteiger partial charge in [-0.1, -0.05) is 47.3 Å². The van der Waals surface area contributed by atoms with Crippen LogP contribution in [0, 0.1) is 0 Å². The van der Waals surface area contributed by atoms with E-state index in [4.69, 9.17) is 0 Å². The topological polar surface area (TPSA) is 40.5 Å². The molecule has 1 aliphatic carbocycles. The number of hydrogen-bond donors (Lipinski definition) is 2. The van der Waals surface area contributed by atoms with Crippen LogP contribution in [0.2, 0.25) is 0 Å². The zero-order valence-electron chi connectivity index (χ0n) is 9.90. The van der Waals surface area contributed by atoms with Gasteiger partial charge in [0.1, 0.15) is 0 Å². The van der Waals surface area contributed by atoms with Gasteiger partial charge >= 0.3 is 0 Å². The van der Waals surface area contributed by atoms with Gasteiger partial charge < -0.3 is 10.2 Å². The molecule has 94 valence electrons. The Morgan fingerprint density at radius 2 is 1.71 bits per heavy atom. The molecule has 0 amide bonds. The maximum Gasteiger partial charge on any atom is 0.0908 e. The number of rotatable bonds is 3. The van der Waals surface area contributed by atoms with E-state index in [-0.39, 0.29) is 0 Å². The molecule has 0 spiro atoms. The third kappa shape index (κ3) is 3.30. The van der Waals surface area contributed by atoms with Gasteiger partial charge in [-0.3, -0.25) is 0 Å². The summed E-state index contributed by atoms with van der Waals surface area (Å²) in [5, 5.41) is 20.6. The van der Waals surface area contributed by atoms with Gasteiger partial charge in [0.05, 0.1) is 11.7 Å². The van der Waals surface area contributed by atoms with E-state index in [1.807, 2.05) is 24.3 Å². The van der Waals surface area contributed by atoms with Crippen LogP contribution in [-0.4, -0.2) is 21.9 Å². The molecule has 2 rings (SSSR count). The molecule has 0 bridgehead atoms. The fourth-order valence-corrected chi connectivity index (χ4v) is 2.80. The molecule has 0 heterocycles. The van der Waals surface area contributed by atoms with Gasteiger partial charge in [0.15, 0.2) is 0 Å². The van der Waals surface area contributed by atoms with Gasteiger partial charge in [0, 0.05) is 10.9 Å². The summed E-state index contributed by atoms with van der Waals surface area (Å²) >= 11 is 3.39. The lowest BCUT2D eigenvalue weighted by atomic mass is 9.79. The van der Waals surface area contributed by atoms with Crippen LogP contribution in [0.5, 0.6) is 0 Å². The van der Waals surface area contributed by atoms with Crippen molar-refractivity contribution in [2.24, 2.45) is 0 Å². The Hall–Kier alpha value is -0.380. The Kier molecular flexibility index (Phi) is 4.23. The molecule has 1 aromatic rings. The molecule has 3 heteroatoms. The van der Waals surface area contributed by atoms with E-state index >= 15 is 0 Å². The molecule has 1 aromatic carbocycles. The normalized spacial score (nSPS) is 21.1. The number of hydrogen-bond acceptors (Lipinski definition) is 2. The zero-order chi connectivity index (χ0) is 12.3. The number of halogens is 1. The highest BCUT2D eigenvalue weighted by Crippen LogP contribution is 2.32. The SMILES string of the molecule is OC(Cc1ccc(Br)cc1)C1(O)CCCCC1. The lowest BCUT2D eigenvalue weighted by Gasteiger charge is -2.36. The van der Waals surface area contributed by atoms with Gasteiger partial charge in [-0.15, -0.1) is 0 Å². The van der Waals surface area contributed by atoms with Crippen LogP contribution in [0.4, 0.5) is 0 Å². The van der Waals surface area contributed by atoms with Crippen molar-refractivity contribution in [1.29, 1.82) is 0 Å². The predicted molar refractivity (Wildman–Crippen MR) is 71.9 cm³/mol. The summed E-state index contributed by atoms with van der Waals surface area (Å²) in [4.78, 5) is 0. The summed E-state index contributed by atoms with van der Waals surface area (Å²) in [5.74, 6) is 0. The lowest BCUT2D eigenvalue weighted by molar-refractivity contribution is -0.0960. The van der Waals surface area contributed by atoms with E-state index in [0.29, 0.717) is 6.42 Å². The number of aliphatic hydroxyl groups is 2. The second-order valence-corrected chi connectivity index (χ2v) is 5.93. The average Bonchev–Trinajstić information content (AvgIpc) is 2.33. The Labute approximate surface area is 111 Å². The van der Waals surface area contributed by atoms with Crippen molar-refractivity contribution in [2.45, 2.75) is 50.2 Å². The number of aliphatic hydroxyl groups excluding tert-OH is 1. The van der Waals surface area contributed by atoms with Crippen molar-refractivity contribution in [3.05, 3.63) is 34.3 Å². The highest BCUT2D eigenvalue weighted by atomic mass is 79.9. The average molecular weight is 299 g/mol. The summed E-state index contributed by atoms with van der Waals surface area (Å²) in [5.41, 5.74) is 0.199. The Morgan fingerprint density at radius 1 is 1.12 bits per heavy atom. The first-order valence-electron chi connectivity index (χ1n) is 6.25. The van der Waals surface area contributed by atoms with E-state index in [0.717, 1.165) is 35.7 Å². The van der Waals surface area contributed by atoms with Crippen LogP contribution < -0.4 is 0 Å². The molecule has 1 saturated carbocycles. The van der Waals surface area contributed by atoms with Gasteiger partial charge in [0.25, 0.3) is 0 Å². The van der Waals surface area contributed by atoms with E-state index in [1.54, 1.807) is 0 Å². The maximum atomic E-state index is 10.4. The molecule has 0 aliphatic heterocycles. The fourth-order valence-electron chi connectivity index (χ4n) is 2.53. The summed E-state index contributed by atoms with van der Waals surface area (Å²) in [6.07, 6.45) is 4.55. The van der Waals surface area contributed by atoms with E-state index in [2.05, 4.69) is 15.9 Å². The third-order valence-electron chi connectivity index (χ3n) is 3.68. The second kappa shape index (κ2) is 5.51. The molecule has 1 aliphatic rings. The zero-order valence-corrected chi connectivity index (χ0v) is 11.5. The van der Waals surface area contributed by atoms with Gasteiger partial charge in [-0.05, 0) is 30.5 Å². The molecule has 0 aromatic heterocycles. The highest BCUT2D eigenvalue weighted by Gasteiger charge is 2.36. The molecule has 0 radical (unpaired) electrons. The molecular weight excluding hydrogens is 280 g/mol. The highest BCUT2D eigenvalue weighted by molar-refractivity contribution is 9.10. The Bertz CT molecular complexity index is 355. The van der Waals surface area contributed by atoms with Crippen molar-refractivity contribution in [3.63, 3.8) is 0 Å². The van der Waals surface area contributed by atoms with Gasteiger partial charge in [-0.2, -0.15) is 0 Å². The molecular formula is C14H19BrO2. The quantitative estimate of drug-likeness (QED) is 0.900. The summed E-state index contributed by atoms with van der Waals surface area (Å²) in [6.45, 7) is 0. The van der Waals surface area contributed by atoms with Crippen LogP contribution in [0.25, 0.3) is 0 Å². The summed E-state index contributed by atoms with van der Waals surface area (Å²) in [7, 11) is 0. The van der Waals surface area contributed by atoms with Crippen LogP contribution in [0.15, 0.2) is 28.7 Å². The monoisotopic (exact) mass is 298 g/mol. The maximum absolute atomic E-state index is 10.4. The summed E-state index contributed by atoms with van der Waals surface area (Å²) < 4.78 is 1.03. The Morgan fingerprint density at radius 3 is 2.29 bits per heavy atom. The van der Waals surface area contributed by atoms with Crippen molar-refractivity contribution in [3.8, 4) is 0 Å². The minimum absolute atomic E-state index is 0.532. The van der Waals surface area contributed by atoms with Gasteiger partial charge in [0.2, 0.25) is 0 Å². The molecule has 1 atom stereocenters. The first-order valence-corrected chi connectivity index (χ1v) is 7.04. The van der Waals surface area contributed by atoms with Crippen molar-refractivity contribution >= 4 is 15.9 Å². The van der Waals surface area contributed by atoms with E-state index in [9.17, 15) is 10.2 Å². The fraction of sp³-hybridized carbons (Fsp3) is 0.571. The minimum Gasteiger partial charge on any atom is -0.390 e. The molecule has 0 saturated heterocycles. The van der Waals surface area contributed by atoms with Crippen LogP contribution >= 0.6 is 15.9 Å². The van der Waals surface area contributed by atoms with Crippen molar-refractivity contribution in [2.75, 3.05) is 0 Å². The third-order valence-corrected chi connectivity index (χ3v) is 4.21. The molecule has 2 N–H and O–H groups in total. The first kappa shape index (κ1) is 13.1. The minimum atomic E-state index is -0.870. The van der Waals surface area contributed by atoms with Crippen LogP contribution in [-0.2, 0) is 6.42 Å². The predicted octanol–water partition coefficient (Wildman–Crippen LogP) is 3.05. The van der Waals surface area contributed by atoms with Crippen LogP contribution in [0.3, 0.4) is 0 Å². The number of benzene rings is 1. The molecule has 17 heavy (non-hydrogen) atoms. The molecule has 2 nitrogen and oxygen atoms in total. The largest absolute Gasteiger partial charge is 0.390 e.